The van der Waals surface area contributed by atoms with Crippen LogP contribution in [0.15, 0.2) is 71.8 Å². The SMILES string of the molecule is CC(=O)O[C@H]1C(=O)[C@@]2(C)C(C(OC(=O)c3ccccc3)[C@]3(O)CC(OC(=O)[C@@H]4O[C@H]4c4ccccc4)C(C)=C1C3(C)C)[C@]1(OC(C)=O)CO[C@]1(C)C[C@@H]2OC(=O)OC(C)(C)C. The highest BCUT2D eigenvalue weighted by atomic mass is 16.7. The van der Waals surface area contributed by atoms with Crippen molar-refractivity contribution in [2.45, 2.75) is 141 Å². The number of hydrogen-bond acceptors (Lipinski definition) is 15. The van der Waals surface area contributed by atoms with Crippen LogP contribution in [0.4, 0.5) is 4.79 Å². The number of carbonyl (C=O) groups excluding carboxylic acids is 6. The van der Waals surface area contributed by atoms with Crippen LogP contribution in [0, 0.1) is 16.7 Å². The molecule has 61 heavy (non-hydrogen) atoms. The molecule has 3 aliphatic carbocycles. The van der Waals surface area contributed by atoms with E-state index in [1.807, 2.05) is 30.3 Å². The summed E-state index contributed by atoms with van der Waals surface area (Å²) in [6.07, 6.45) is -9.76. The van der Waals surface area contributed by atoms with Gasteiger partial charge in [0.15, 0.2) is 23.6 Å². The third-order valence-electron chi connectivity index (χ3n) is 13.4. The second-order valence-electron chi connectivity index (χ2n) is 18.7. The van der Waals surface area contributed by atoms with E-state index in [0.29, 0.717) is 5.57 Å². The molecule has 0 aromatic heterocycles. The summed E-state index contributed by atoms with van der Waals surface area (Å²) in [4.78, 5) is 84.5. The minimum atomic E-state index is -2.33. The van der Waals surface area contributed by atoms with Gasteiger partial charge in [-0.25, -0.2) is 14.4 Å². The highest BCUT2D eigenvalue weighted by Crippen LogP contribution is 2.67. The van der Waals surface area contributed by atoms with Crippen molar-refractivity contribution in [3.63, 3.8) is 0 Å². The Balaban J connectivity index is 1.47. The van der Waals surface area contributed by atoms with Gasteiger partial charge in [-0.05, 0) is 70.4 Å². The fourth-order valence-corrected chi connectivity index (χ4v) is 10.3. The number of hydrogen-bond donors (Lipinski definition) is 1. The first kappa shape index (κ1) is 44.0. The van der Waals surface area contributed by atoms with Gasteiger partial charge in [0.2, 0.25) is 0 Å². The Morgan fingerprint density at radius 1 is 0.820 bits per heavy atom. The third kappa shape index (κ3) is 7.21. The third-order valence-corrected chi connectivity index (χ3v) is 13.4. The zero-order chi connectivity index (χ0) is 44.7. The highest BCUT2D eigenvalue weighted by Gasteiger charge is 2.82. The van der Waals surface area contributed by atoms with E-state index < -0.39 is 118 Å². The van der Waals surface area contributed by atoms with Gasteiger partial charge in [-0.15, -0.1) is 0 Å². The number of epoxide rings is 1. The molecule has 0 amide bonds. The number of esters is 4. The van der Waals surface area contributed by atoms with Crippen LogP contribution in [-0.2, 0) is 57.1 Å². The van der Waals surface area contributed by atoms with Gasteiger partial charge < -0.3 is 43.0 Å². The molecule has 15 nitrogen and oxygen atoms in total. The molecule has 328 valence electrons. The molecule has 5 aliphatic rings. The maximum Gasteiger partial charge on any atom is 0.509 e. The molecule has 2 heterocycles. The summed E-state index contributed by atoms with van der Waals surface area (Å²) in [6, 6.07) is 17.0. The lowest BCUT2D eigenvalue weighted by Gasteiger charge is -2.70. The van der Waals surface area contributed by atoms with Gasteiger partial charge in [0, 0.05) is 32.1 Å². The van der Waals surface area contributed by atoms with Gasteiger partial charge in [-0.3, -0.25) is 14.4 Å². The van der Waals surface area contributed by atoms with E-state index in [-0.39, 0.29) is 24.2 Å². The smallest absolute Gasteiger partial charge is 0.456 e. The molecule has 2 bridgehead atoms. The molecular formula is C46H54O15. The molecule has 2 aliphatic heterocycles. The van der Waals surface area contributed by atoms with Crippen LogP contribution in [-0.4, -0.2) is 100 Å². The Kier molecular flexibility index (Phi) is 10.8. The van der Waals surface area contributed by atoms with E-state index in [0.717, 1.165) is 12.5 Å². The topological polar surface area (TPSA) is 200 Å². The second-order valence-corrected chi connectivity index (χ2v) is 18.7. The number of rotatable bonds is 8. The summed E-state index contributed by atoms with van der Waals surface area (Å²) < 4.78 is 48.6. The summed E-state index contributed by atoms with van der Waals surface area (Å²) in [5.74, 6) is -5.72. The first-order chi connectivity index (χ1) is 28.4. The minimum absolute atomic E-state index is 0.0757. The standard InChI is InChI=1S/C46H54O15/c1-24-29(56-39(51)34-32(58-34)27-17-13-11-14-18-27)21-45(53)37(59-38(50)28-19-15-12-16-20-28)35-44(10,36(49)33(55-25(2)47)31(24)42(45,7)8)30(57-40(52)61-41(4,5)6)22-43(9)46(35,23-54-43)60-26(3)48/h11-20,29-30,32-35,37,53H,21-23H2,1-10H3/t29?,30-,32-,33+,34+,35?,37?,43+,44+,45+,46+/m0/s1. The maximum atomic E-state index is 16.0. The number of ether oxygens (including phenoxy) is 8. The Labute approximate surface area is 354 Å². The molecule has 4 fully saturated rings. The molecule has 2 aromatic rings. The fourth-order valence-electron chi connectivity index (χ4n) is 10.3. The molecule has 7 rings (SSSR count). The fraction of sp³-hybridized carbons (Fsp3) is 0.565. The van der Waals surface area contributed by atoms with E-state index in [1.165, 1.54) is 26.0 Å². The van der Waals surface area contributed by atoms with Crippen molar-refractivity contribution in [2.75, 3.05) is 6.61 Å². The molecule has 15 heteroatoms. The molecule has 11 atom stereocenters. The van der Waals surface area contributed by atoms with Gasteiger partial charge in [0.1, 0.15) is 41.2 Å². The van der Waals surface area contributed by atoms with Crippen LogP contribution in [0.1, 0.15) is 104 Å². The number of ketones is 1. The molecule has 0 spiro atoms. The van der Waals surface area contributed by atoms with Crippen molar-refractivity contribution in [3.05, 3.63) is 82.9 Å². The van der Waals surface area contributed by atoms with E-state index in [9.17, 15) is 29.1 Å². The van der Waals surface area contributed by atoms with E-state index in [4.69, 9.17) is 37.9 Å². The van der Waals surface area contributed by atoms with Crippen molar-refractivity contribution >= 4 is 35.8 Å². The first-order valence-corrected chi connectivity index (χ1v) is 20.5. The minimum Gasteiger partial charge on any atom is -0.456 e. The Bertz CT molecular complexity index is 2160. The summed E-state index contributed by atoms with van der Waals surface area (Å²) in [5.41, 5.74) is -9.22. The van der Waals surface area contributed by atoms with Gasteiger partial charge in [-0.1, -0.05) is 62.4 Å². The van der Waals surface area contributed by atoms with Gasteiger partial charge in [-0.2, -0.15) is 0 Å². The lowest BCUT2D eigenvalue weighted by Crippen LogP contribution is -2.85. The number of Topliss-reactive ketones (excluding diaryl/α,β-unsaturated/α-hetero) is 1. The van der Waals surface area contributed by atoms with Gasteiger partial charge in [0.05, 0.1) is 23.5 Å². The molecular weight excluding hydrogens is 792 g/mol. The summed E-state index contributed by atoms with van der Waals surface area (Å²) >= 11 is 0. The van der Waals surface area contributed by atoms with Crippen LogP contribution in [0.5, 0.6) is 0 Å². The van der Waals surface area contributed by atoms with Crippen LogP contribution in [0.2, 0.25) is 0 Å². The van der Waals surface area contributed by atoms with Crippen molar-refractivity contribution in [2.24, 2.45) is 16.7 Å². The largest absolute Gasteiger partial charge is 0.509 e. The average Bonchev–Trinajstić information content (AvgIpc) is 3.98. The normalized spacial score (nSPS) is 36.0. The summed E-state index contributed by atoms with van der Waals surface area (Å²) in [7, 11) is 0. The van der Waals surface area contributed by atoms with Gasteiger partial charge >= 0.3 is 30.0 Å². The average molecular weight is 847 g/mol. The molecule has 2 saturated carbocycles. The molecule has 1 N–H and O–H groups in total. The van der Waals surface area contributed by atoms with Crippen molar-refractivity contribution in [3.8, 4) is 0 Å². The Morgan fingerprint density at radius 3 is 2.00 bits per heavy atom. The highest BCUT2D eigenvalue weighted by molar-refractivity contribution is 5.96. The second kappa shape index (κ2) is 15.1. The van der Waals surface area contributed by atoms with E-state index in [2.05, 4.69) is 0 Å². The summed E-state index contributed by atoms with van der Waals surface area (Å²) in [6.45, 7) is 14.8. The molecule has 0 radical (unpaired) electrons. The van der Waals surface area contributed by atoms with Crippen molar-refractivity contribution < 1.29 is 71.8 Å². The molecule has 2 saturated heterocycles. The van der Waals surface area contributed by atoms with Crippen LogP contribution in [0.3, 0.4) is 0 Å². The Hall–Kier alpha value is -5.12. The zero-order valence-electron chi connectivity index (χ0n) is 36.1. The van der Waals surface area contributed by atoms with Crippen molar-refractivity contribution in [1.82, 2.24) is 0 Å². The van der Waals surface area contributed by atoms with E-state index >= 15 is 4.79 Å². The molecule has 3 unspecified atom stereocenters. The summed E-state index contributed by atoms with van der Waals surface area (Å²) in [5, 5.41) is 13.8. The number of benzene rings is 2. The van der Waals surface area contributed by atoms with Crippen LogP contribution in [0.25, 0.3) is 0 Å². The van der Waals surface area contributed by atoms with Crippen LogP contribution >= 0.6 is 0 Å². The number of fused-ring (bicyclic) bond motifs is 5. The number of carbonyl (C=O) groups is 6. The van der Waals surface area contributed by atoms with E-state index in [1.54, 1.807) is 66.7 Å². The van der Waals surface area contributed by atoms with Gasteiger partial charge in [0.25, 0.3) is 0 Å². The maximum absolute atomic E-state index is 16.0. The quantitative estimate of drug-likeness (QED) is 0.147. The Morgan fingerprint density at radius 2 is 1.44 bits per heavy atom. The zero-order valence-corrected chi connectivity index (χ0v) is 36.1. The first-order valence-electron chi connectivity index (χ1n) is 20.5. The predicted molar refractivity (Wildman–Crippen MR) is 212 cm³/mol. The predicted octanol–water partition coefficient (Wildman–Crippen LogP) is 5.69. The lowest BCUT2D eigenvalue weighted by molar-refractivity contribution is -0.383. The monoisotopic (exact) mass is 846 g/mol. The lowest BCUT2D eigenvalue weighted by atomic mass is 9.42. The molecule has 2 aromatic carbocycles. The van der Waals surface area contributed by atoms with Crippen molar-refractivity contribution in [1.29, 1.82) is 0 Å². The number of aliphatic hydroxyl groups is 1. The van der Waals surface area contributed by atoms with Crippen LogP contribution < -0.4 is 0 Å².